The summed E-state index contributed by atoms with van der Waals surface area (Å²) in [7, 11) is 5.72. The molecule has 28 heavy (non-hydrogen) atoms. The molecule has 146 valence electrons. The van der Waals surface area contributed by atoms with Gasteiger partial charge in [0.25, 0.3) is 11.1 Å². The van der Waals surface area contributed by atoms with Crippen molar-refractivity contribution in [1.82, 2.24) is 15.1 Å². The van der Waals surface area contributed by atoms with Crippen LogP contribution in [0.5, 0.6) is 0 Å². The van der Waals surface area contributed by atoms with Gasteiger partial charge in [-0.25, -0.2) is 4.39 Å². The lowest BCUT2D eigenvalue weighted by Crippen LogP contribution is -2.27. The molecular formula is C20H21FN4O2S. The van der Waals surface area contributed by atoms with Crippen LogP contribution in [0.4, 0.5) is 10.1 Å². The van der Waals surface area contributed by atoms with E-state index in [-0.39, 0.29) is 28.3 Å². The van der Waals surface area contributed by atoms with Gasteiger partial charge in [-0.15, -0.1) is 10.2 Å². The van der Waals surface area contributed by atoms with Gasteiger partial charge in [0, 0.05) is 33.4 Å². The van der Waals surface area contributed by atoms with E-state index in [1.165, 1.54) is 6.07 Å². The monoisotopic (exact) mass is 400 g/mol. The zero-order valence-electron chi connectivity index (χ0n) is 15.9. The third-order valence-corrected chi connectivity index (χ3v) is 4.93. The minimum absolute atomic E-state index is 0.0627. The molecular weight excluding hydrogens is 379 g/mol. The summed E-state index contributed by atoms with van der Waals surface area (Å²) in [6, 6.07) is 14.2. The molecule has 0 saturated carbocycles. The van der Waals surface area contributed by atoms with Gasteiger partial charge in [0.1, 0.15) is 5.82 Å². The summed E-state index contributed by atoms with van der Waals surface area (Å²) in [5.41, 5.74) is 2.40. The predicted molar refractivity (Wildman–Crippen MR) is 108 cm³/mol. The summed E-state index contributed by atoms with van der Waals surface area (Å²) < 4.78 is 19.2. The molecule has 2 aromatic carbocycles. The predicted octanol–water partition coefficient (Wildman–Crippen LogP) is 3.69. The number of nitrogens with zero attached hydrogens (tertiary/aromatic N) is 4. The quantitative estimate of drug-likeness (QED) is 0.564. The number of aromatic nitrogens is 2. The summed E-state index contributed by atoms with van der Waals surface area (Å²) in [5.74, 6) is -0.237. The van der Waals surface area contributed by atoms with Gasteiger partial charge in [0.15, 0.2) is 0 Å². The minimum atomic E-state index is -0.432. The second-order valence-electron chi connectivity index (χ2n) is 6.45. The first-order valence-corrected chi connectivity index (χ1v) is 9.64. The Morgan fingerprint density at radius 2 is 1.79 bits per heavy atom. The Morgan fingerprint density at radius 1 is 1.07 bits per heavy atom. The van der Waals surface area contributed by atoms with Crippen LogP contribution in [0.3, 0.4) is 0 Å². The normalized spacial score (nSPS) is 10.7. The Labute approximate surface area is 167 Å². The molecule has 0 aliphatic rings. The van der Waals surface area contributed by atoms with Crippen molar-refractivity contribution in [3.63, 3.8) is 0 Å². The molecule has 0 aliphatic carbocycles. The fourth-order valence-corrected chi connectivity index (χ4v) is 3.21. The molecule has 0 atom stereocenters. The smallest absolute Gasteiger partial charge is 0.277 e. The molecule has 6 nitrogen and oxygen atoms in total. The van der Waals surface area contributed by atoms with E-state index < -0.39 is 5.82 Å². The lowest BCUT2D eigenvalue weighted by molar-refractivity contribution is -0.127. The van der Waals surface area contributed by atoms with Gasteiger partial charge < -0.3 is 14.2 Å². The summed E-state index contributed by atoms with van der Waals surface area (Å²) >= 11 is 1.13. The number of carbonyl (C=O) groups is 1. The van der Waals surface area contributed by atoms with E-state index in [4.69, 9.17) is 4.42 Å². The van der Waals surface area contributed by atoms with Gasteiger partial charge in [-0.05, 0) is 29.8 Å². The van der Waals surface area contributed by atoms with E-state index in [9.17, 15) is 9.18 Å². The maximum Gasteiger partial charge on any atom is 0.277 e. The SMILES string of the molecule is CN(Cc1ccc(N(C)C)cc1)C(=O)CSc1nnc(-c2ccccc2F)o1. The second-order valence-corrected chi connectivity index (χ2v) is 7.38. The van der Waals surface area contributed by atoms with Crippen LogP contribution in [0.2, 0.25) is 0 Å². The van der Waals surface area contributed by atoms with Crippen molar-refractivity contribution in [3.05, 3.63) is 59.9 Å². The van der Waals surface area contributed by atoms with Gasteiger partial charge in [-0.2, -0.15) is 0 Å². The van der Waals surface area contributed by atoms with Gasteiger partial charge in [0.2, 0.25) is 5.91 Å². The molecule has 8 heteroatoms. The van der Waals surface area contributed by atoms with Crippen LogP contribution >= 0.6 is 11.8 Å². The zero-order chi connectivity index (χ0) is 20.1. The lowest BCUT2D eigenvalue weighted by Gasteiger charge is -2.18. The molecule has 1 heterocycles. The number of carbonyl (C=O) groups excluding carboxylic acids is 1. The fourth-order valence-electron chi connectivity index (χ4n) is 2.51. The molecule has 0 radical (unpaired) electrons. The van der Waals surface area contributed by atoms with Crippen LogP contribution in [-0.2, 0) is 11.3 Å². The number of rotatable bonds is 7. The molecule has 1 amide bonds. The molecule has 3 rings (SSSR count). The van der Waals surface area contributed by atoms with Crippen molar-refractivity contribution in [3.8, 4) is 11.5 Å². The van der Waals surface area contributed by atoms with Crippen LogP contribution < -0.4 is 4.90 Å². The Balaban J connectivity index is 1.54. The third kappa shape index (κ3) is 4.89. The summed E-state index contributed by atoms with van der Waals surface area (Å²) in [6.07, 6.45) is 0. The molecule has 0 bridgehead atoms. The molecule has 1 aromatic heterocycles. The number of thioether (sulfide) groups is 1. The number of amides is 1. The van der Waals surface area contributed by atoms with Crippen molar-refractivity contribution >= 4 is 23.4 Å². The van der Waals surface area contributed by atoms with Crippen LogP contribution in [0, 0.1) is 5.82 Å². The standard InChI is InChI=1S/C20H21FN4O2S/c1-24(2)15-10-8-14(9-11-15)12-25(3)18(26)13-28-20-23-22-19(27-20)16-6-4-5-7-17(16)21/h4-11H,12-13H2,1-3H3. The molecule has 0 aliphatic heterocycles. The Bertz CT molecular complexity index is 943. The van der Waals surface area contributed by atoms with Gasteiger partial charge in [-0.3, -0.25) is 4.79 Å². The zero-order valence-corrected chi connectivity index (χ0v) is 16.7. The average molecular weight is 400 g/mol. The first-order valence-electron chi connectivity index (χ1n) is 8.65. The number of benzene rings is 2. The molecule has 0 N–H and O–H groups in total. The summed E-state index contributed by atoms with van der Waals surface area (Å²) in [6.45, 7) is 0.511. The number of anilines is 1. The Hall–Kier alpha value is -2.87. The summed E-state index contributed by atoms with van der Waals surface area (Å²) in [5, 5.41) is 7.97. The van der Waals surface area contributed by atoms with Gasteiger partial charge >= 0.3 is 0 Å². The maximum absolute atomic E-state index is 13.8. The topological polar surface area (TPSA) is 62.5 Å². The van der Waals surface area contributed by atoms with Crippen LogP contribution in [0.1, 0.15) is 5.56 Å². The highest BCUT2D eigenvalue weighted by atomic mass is 32.2. The van der Waals surface area contributed by atoms with E-state index in [1.807, 2.05) is 43.3 Å². The second kappa shape index (κ2) is 8.88. The minimum Gasteiger partial charge on any atom is -0.411 e. The highest BCUT2D eigenvalue weighted by molar-refractivity contribution is 7.99. The lowest BCUT2D eigenvalue weighted by atomic mass is 10.2. The van der Waals surface area contributed by atoms with E-state index >= 15 is 0 Å². The number of hydrogen-bond donors (Lipinski definition) is 0. The average Bonchev–Trinajstić information content (AvgIpc) is 3.15. The van der Waals surface area contributed by atoms with Crippen molar-refractivity contribution in [2.75, 3.05) is 31.8 Å². The first-order chi connectivity index (χ1) is 13.4. The van der Waals surface area contributed by atoms with E-state index in [0.29, 0.717) is 6.54 Å². The molecule has 0 unspecified atom stereocenters. The molecule has 0 fully saturated rings. The van der Waals surface area contributed by atoms with Crippen molar-refractivity contribution in [2.24, 2.45) is 0 Å². The number of hydrogen-bond acceptors (Lipinski definition) is 6. The molecule has 3 aromatic rings. The van der Waals surface area contributed by atoms with Crippen molar-refractivity contribution in [1.29, 1.82) is 0 Å². The van der Waals surface area contributed by atoms with Gasteiger partial charge in [-0.1, -0.05) is 36.0 Å². The molecule has 0 saturated heterocycles. The third-order valence-electron chi connectivity index (χ3n) is 4.13. The summed E-state index contributed by atoms with van der Waals surface area (Å²) in [4.78, 5) is 16.0. The largest absolute Gasteiger partial charge is 0.411 e. The highest BCUT2D eigenvalue weighted by Gasteiger charge is 2.15. The van der Waals surface area contributed by atoms with Crippen LogP contribution in [-0.4, -0.2) is 47.9 Å². The molecule has 0 spiro atoms. The maximum atomic E-state index is 13.8. The van der Waals surface area contributed by atoms with E-state index in [2.05, 4.69) is 10.2 Å². The fraction of sp³-hybridized carbons (Fsp3) is 0.250. The first kappa shape index (κ1) is 19.9. The van der Waals surface area contributed by atoms with Gasteiger partial charge in [0.05, 0.1) is 11.3 Å². The Kier molecular flexibility index (Phi) is 6.30. The van der Waals surface area contributed by atoms with E-state index in [1.54, 1.807) is 30.1 Å². The van der Waals surface area contributed by atoms with Crippen molar-refractivity contribution in [2.45, 2.75) is 11.8 Å². The van der Waals surface area contributed by atoms with E-state index in [0.717, 1.165) is 23.0 Å². The number of halogens is 1. The van der Waals surface area contributed by atoms with Crippen molar-refractivity contribution < 1.29 is 13.6 Å². The highest BCUT2D eigenvalue weighted by Crippen LogP contribution is 2.25. The van der Waals surface area contributed by atoms with Crippen LogP contribution in [0.25, 0.3) is 11.5 Å². The Morgan fingerprint density at radius 3 is 2.46 bits per heavy atom. The van der Waals surface area contributed by atoms with Crippen LogP contribution in [0.15, 0.2) is 58.2 Å².